The predicted octanol–water partition coefficient (Wildman–Crippen LogP) is -1.20. The quantitative estimate of drug-likeness (QED) is 0.585. The molecule has 0 spiro atoms. The molecule has 1 fully saturated rings. The molecule has 1 heterocycles. The van der Waals surface area contributed by atoms with E-state index in [2.05, 4.69) is 0 Å². The maximum absolute atomic E-state index is 10.6. The number of piperazine rings is 1. The number of nitrogens with zero attached hydrogens (tertiary/aromatic N) is 2. The van der Waals surface area contributed by atoms with Crippen LogP contribution in [-0.2, 0) is 15.0 Å². The van der Waals surface area contributed by atoms with Crippen LogP contribution in [0.1, 0.15) is 6.92 Å². The molecule has 0 saturated carbocycles. The first-order valence-corrected chi connectivity index (χ1v) is 7.25. The first-order chi connectivity index (χ1) is 7.90. The molecule has 0 radical (unpaired) electrons. The molecule has 0 aliphatic carbocycles. The lowest BCUT2D eigenvalue weighted by Crippen LogP contribution is -2.49. The number of aliphatic hydroxyl groups excluding tert-OH is 1. The summed E-state index contributed by atoms with van der Waals surface area (Å²) in [4.78, 5) is 7.27. The second kappa shape index (κ2) is 6.62. The molecule has 0 aromatic rings. The third-order valence-corrected chi connectivity index (χ3v) is 3.32. The molecule has 17 heavy (non-hydrogen) atoms. The molecule has 2 N–H and O–H groups in total. The fourth-order valence-electron chi connectivity index (χ4n) is 1.82. The monoisotopic (exact) mass is 268 g/mol. The summed E-state index contributed by atoms with van der Waals surface area (Å²) in [5.41, 5.74) is 0. The van der Waals surface area contributed by atoms with Gasteiger partial charge < -0.3 is 5.11 Å². The zero-order chi connectivity index (χ0) is 12.9. The molecule has 0 amide bonds. The van der Waals surface area contributed by atoms with Gasteiger partial charge in [-0.25, -0.2) is 0 Å². The summed E-state index contributed by atoms with van der Waals surface area (Å²) in [7, 11) is -4.11. The average Bonchev–Trinajstić information content (AvgIpc) is 2.18. The Bertz CT molecular complexity index is 313. The van der Waals surface area contributed by atoms with Crippen LogP contribution in [0.25, 0.3) is 0 Å². The summed E-state index contributed by atoms with van der Waals surface area (Å²) >= 11 is 0. The van der Waals surface area contributed by atoms with E-state index in [1.807, 2.05) is 16.9 Å². The van der Waals surface area contributed by atoms with E-state index in [4.69, 9.17) is 9.39 Å². The number of β-amino-alcohol motifs (C(OH)–C–C–N with tert-alkyl or cyclic N) is 1. The second-order valence-electron chi connectivity index (χ2n) is 4.05. The van der Waals surface area contributed by atoms with Crippen molar-refractivity contribution >= 4 is 10.1 Å². The Kier molecular flexibility index (Phi) is 5.77. The Hall–Kier alpha value is -0.250. The van der Waals surface area contributed by atoms with Gasteiger partial charge in [-0.05, 0) is 6.92 Å². The van der Waals surface area contributed by atoms with Crippen LogP contribution >= 0.6 is 0 Å². The second-order valence-corrected chi connectivity index (χ2v) is 5.55. The minimum absolute atomic E-state index is 0.250. The SMILES string of the molecule is CCON1CCN(CC(O)CS(=O)(=O)O)CC1. The molecule has 1 saturated heterocycles. The average molecular weight is 268 g/mol. The van der Waals surface area contributed by atoms with Crippen LogP contribution in [0.2, 0.25) is 0 Å². The van der Waals surface area contributed by atoms with Gasteiger partial charge in [0.05, 0.1) is 12.7 Å². The Balaban J connectivity index is 2.26. The number of hydrogen-bond acceptors (Lipinski definition) is 6. The van der Waals surface area contributed by atoms with E-state index >= 15 is 0 Å². The molecule has 0 bridgehead atoms. The Morgan fingerprint density at radius 3 is 2.35 bits per heavy atom. The first-order valence-electron chi connectivity index (χ1n) is 5.64. The normalized spacial score (nSPS) is 21.6. The molecule has 0 aromatic carbocycles. The van der Waals surface area contributed by atoms with Crippen molar-refractivity contribution in [3.05, 3.63) is 0 Å². The summed E-state index contributed by atoms with van der Waals surface area (Å²) in [6, 6.07) is 0. The third kappa shape index (κ3) is 6.29. The van der Waals surface area contributed by atoms with E-state index in [0.29, 0.717) is 19.7 Å². The standard InChI is InChI=1S/C9H20N2O5S/c1-2-16-11-5-3-10(4-6-11)7-9(12)8-17(13,14)15/h9,12H,2-8H2,1H3,(H,13,14,15). The van der Waals surface area contributed by atoms with Gasteiger partial charge in [-0.15, -0.1) is 0 Å². The van der Waals surface area contributed by atoms with Crippen LogP contribution in [-0.4, -0.2) is 79.2 Å². The molecule has 1 aliphatic heterocycles. The Labute approximate surface area is 102 Å². The van der Waals surface area contributed by atoms with E-state index in [1.165, 1.54) is 0 Å². The number of hydroxylamine groups is 2. The van der Waals surface area contributed by atoms with Crippen molar-refractivity contribution < 1.29 is 22.9 Å². The van der Waals surface area contributed by atoms with E-state index in [9.17, 15) is 13.5 Å². The number of aliphatic hydroxyl groups is 1. The van der Waals surface area contributed by atoms with Gasteiger partial charge in [0.2, 0.25) is 0 Å². The predicted molar refractivity (Wildman–Crippen MR) is 62.1 cm³/mol. The van der Waals surface area contributed by atoms with Crippen molar-refractivity contribution in [2.75, 3.05) is 45.1 Å². The minimum Gasteiger partial charge on any atom is -0.391 e. The van der Waals surface area contributed by atoms with Gasteiger partial charge in [-0.1, -0.05) is 0 Å². The highest BCUT2D eigenvalue weighted by Gasteiger charge is 2.21. The van der Waals surface area contributed by atoms with Gasteiger partial charge in [-0.2, -0.15) is 13.5 Å². The van der Waals surface area contributed by atoms with Gasteiger partial charge in [0.1, 0.15) is 5.75 Å². The maximum atomic E-state index is 10.6. The van der Waals surface area contributed by atoms with E-state index in [0.717, 1.165) is 13.1 Å². The minimum atomic E-state index is -4.11. The van der Waals surface area contributed by atoms with Crippen molar-refractivity contribution in [3.8, 4) is 0 Å². The molecule has 1 unspecified atom stereocenters. The highest BCUT2D eigenvalue weighted by Crippen LogP contribution is 2.04. The summed E-state index contributed by atoms with van der Waals surface area (Å²) in [5.74, 6) is -0.612. The molecule has 1 aliphatic rings. The summed E-state index contributed by atoms with van der Waals surface area (Å²) in [6.45, 7) is 5.68. The smallest absolute Gasteiger partial charge is 0.267 e. The van der Waals surface area contributed by atoms with Crippen LogP contribution in [0, 0.1) is 0 Å². The van der Waals surface area contributed by atoms with Crippen LogP contribution in [0.5, 0.6) is 0 Å². The lowest BCUT2D eigenvalue weighted by atomic mass is 10.3. The van der Waals surface area contributed by atoms with Crippen LogP contribution in [0.4, 0.5) is 0 Å². The molecule has 1 atom stereocenters. The maximum Gasteiger partial charge on any atom is 0.267 e. The number of hydrogen-bond donors (Lipinski definition) is 2. The van der Waals surface area contributed by atoms with Gasteiger partial charge in [0.15, 0.2) is 0 Å². The van der Waals surface area contributed by atoms with E-state index in [1.54, 1.807) is 0 Å². The largest absolute Gasteiger partial charge is 0.391 e. The molecule has 7 nitrogen and oxygen atoms in total. The molecule has 1 rings (SSSR count). The van der Waals surface area contributed by atoms with Crippen LogP contribution in [0.15, 0.2) is 0 Å². The van der Waals surface area contributed by atoms with Crippen molar-refractivity contribution in [2.45, 2.75) is 13.0 Å². The fraction of sp³-hybridized carbons (Fsp3) is 1.00. The summed E-state index contributed by atoms with van der Waals surface area (Å²) in [5, 5.41) is 11.3. The molecule has 8 heteroatoms. The van der Waals surface area contributed by atoms with Gasteiger partial charge in [-0.3, -0.25) is 14.3 Å². The third-order valence-electron chi connectivity index (χ3n) is 2.51. The fourth-order valence-corrected chi connectivity index (χ4v) is 2.41. The Morgan fingerprint density at radius 1 is 1.29 bits per heavy atom. The number of rotatable bonds is 6. The van der Waals surface area contributed by atoms with E-state index < -0.39 is 22.0 Å². The highest BCUT2D eigenvalue weighted by atomic mass is 32.2. The summed E-state index contributed by atoms with van der Waals surface area (Å²) < 4.78 is 29.7. The van der Waals surface area contributed by atoms with Crippen LogP contribution < -0.4 is 0 Å². The molecular weight excluding hydrogens is 248 g/mol. The topological polar surface area (TPSA) is 90.3 Å². The molecule has 0 aromatic heterocycles. The zero-order valence-corrected chi connectivity index (χ0v) is 10.8. The van der Waals surface area contributed by atoms with E-state index in [-0.39, 0.29) is 6.54 Å². The van der Waals surface area contributed by atoms with Crippen molar-refractivity contribution in [1.82, 2.24) is 9.96 Å². The van der Waals surface area contributed by atoms with Crippen molar-refractivity contribution in [3.63, 3.8) is 0 Å². The lowest BCUT2D eigenvalue weighted by Gasteiger charge is -2.34. The van der Waals surface area contributed by atoms with Gasteiger partial charge in [0, 0.05) is 32.7 Å². The molecular formula is C9H20N2O5S. The van der Waals surface area contributed by atoms with Gasteiger partial charge in [0.25, 0.3) is 10.1 Å². The highest BCUT2D eigenvalue weighted by molar-refractivity contribution is 7.85. The van der Waals surface area contributed by atoms with Gasteiger partial charge >= 0.3 is 0 Å². The summed E-state index contributed by atoms with van der Waals surface area (Å²) in [6.07, 6.45) is -1.05. The van der Waals surface area contributed by atoms with Crippen LogP contribution in [0.3, 0.4) is 0 Å². The van der Waals surface area contributed by atoms with Crippen molar-refractivity contribution in [2.24, 2.45) is 0 Å². The Morgan fingerprint density at radius 2 is 1.88 bits per heavy atom. The molecule has 102 valence electrons. The first kappa shape index (κ1) is 14.8. The van der Waals surface area contributed by atoms with Crippen molar-refractivity contribution in [1.29, 1.82) is 0 Å². The zero-order valence-electron chi connectivity index (χ0n) is 9.95. The lowest BCUT2D eigenvalue weighted by molar-refractivity contribution is -0.173.